The largest absolute Gasteiger partial charge is 0.465 e. The smallest absolute Gasteiger partial charge is 0.293 e. The summed E-state index contributed by atoms with van der Waals surface area (Å²) in [5, 5.41) is 0. The van der Waals surface area contributed by atoms with E-state index in [1.807, 2.05) is 13.8 Å². The minimum atomic E-state index is -0.0435. The van der Waals surface area contributed by atoms with Gasteiger partial charge in [0.2, 0.25) is 0 Å². The number of ether oxygens (including phenoxy) is 3. The van der Waals surface area contributed by atoms with Crippen molar-refractivity contribution in [3.05, 3.63) is 0 Å². The second-order valence-electron chi connectivity index (χ2n) is 3.76. The molecule has 4 nitrogen and oxygen atoms in total. The van der Waals surface area contributed by atoms with Crippen molar-refractivity contribution in [2.75, 3.05) is 14.2 Å². The summed E-state index contributed by atoms with van der Waals surface area (Å²) in [6, 6.07) is 0. The number of hydrogen-bond acceptors (Lipinski definition) is 4. The van der Waals surface area contributed by atoms with Crippen LogP contribution in [0, 0.1) is 0 Å². The molecule has 0 aromatic heterocycles. The van der Waals surface area contributed by atoms with Crippen LogP contribution in [0.15, 0.2) is 0 Å². The lowest BCUT2D eigenvalue weighted by molar-refractivity contribution is -0.133. The van der Waals surface area contributed by atoms with Crippen LogP contribution in [0.3, 0.4) is 0 Å². The van der Waals surface area contributed by atoms with Crippen LogP contribution in [0.2, 0.25) is 0 Å². The Morgan fingerprint density at radius 1 is 1.07 bits per heavy atom. The summed E-state index contributed by atoms with van der Waals surface area (Å²) >= 11 is 0. The zero-order valence-electron chi connectivity index (χ0n) is 10.1. The lowest BCUT2D eigenvalue weighted by Gasteiger charge is -2.20. The van der Waals surface area contributed by atoms with Gasteiger partial charge in [-0.2, -0.15) is 0 Å². The number of carbonyl (C=O) groups is 1. The summed E-state index contributed by atoms with van der Waals surface area (Å²) in [5.41, 5.74) is 0. The zero-order valence-corrected chi connectivity index (χ0v) is 10.1. The van der Waals surface area contributed by atoms with E-state index in [2.05, 4.69) is 0 Å². The number of carbonyl (C=O) groups excluding carboxylic acids is 1. The summed E-state index contributed by atoms with van der Waals surface area (Å²) < 4.78 is 15.3. The van der Waals surface area contributed by atoms with E-state index < -0.39 is 0 Å². The topological polar surface area (TPSA) is 44.8 Å². The van der Waals surface area contributed by atoms with Gasteiger partial charge in [0.05, 0.1) is 18.3 Å². The van der Waals surface area contributed by atoms with Gasteiger partial charge < -0.3 is 14.2 Å². The van der Waals surface area contributed by atoms with Gasteiger partial charge in [0.25, 0.3) is 6.47 Å². The molecule has 0 aromatic carbocycles. The molecule has 0 saturated heterocycles. The standard InChI is InChI=1S/C11H22O4/c1-9(15-8-12)5-6-11(14-4)7-10(2)13-3/h8-11H,5-7H2,1-4H3. The van der Waals surface area contributed by atoms with E-state index in [0.717, 1.165) is 19.3 Å². The van der Waals surface area contributed by atoms with E-state index in [1.165, 1.54) is 0 Å². The Kier molecular flexibility index (Phi) is 8.33. The quantitative estimate of drug-likeness (QED) is 0.553. The zero-order chi connectivity index (χ0) is 11.7. The van der Waals surface area contributed by atoms with Crippen molar-refractivity contribution in [2.24, 2.45) is 0 Å². The Labute approximate surface area is 91.9 Å². The number of rotatable bonds is 9. The molecule has 0 aromatic rings. The van der Waals surface area contributed by atoms with Crippen molar-refractivity contribution in [3.63, 3.8) is 0 Å². The third-order valence-corrected chi connectivity index (χ3v) is 2.51. The Bertz CT molecular complexity index is 161. The molecule has 0 heterocycles. The van der Waals surface area contributed by atoms with Gasteiger partial charge in [-0.15, -0.1) is 0 Å². The first-order chi connectivity index (χ1) is 7.13. The van der Waals surface area contributed by atoms with Gasteiger partial charge in [-0.3, -0.25) is 4.79 Å². The third kappa shape index (κ3) is 7.33. The van der Waals surface area contributed by atoms with E-state index in [1.54, 1.807) is 14.2 Å². The van der Waals surface area contributed by atoms with Gasteiger partial charge >= 0.3 is 0 Å². The second-order valence-corrected chi connectivity index (χ2v) is 3.76. The Balaban J connectivity index is 3.73. The molecule has 3 unspecified atom stereocenters. The fraction of sp³-hybridized carbons (Fsp3) is 0.909. The molecule has 15 heavy (non-hydrogen) atoms. The molecule has 0 saturated carbocycles. The van der Waals surface area contributed by atoms with Crippen LogP contribution in [-0.4, -0.2) is 39.0 Å². The number of hydrogen-bond donors (Lipinski definition) is 0. The molecule has 0 rings (SSSR count). The van der Waals surface area contributed by atoms with E-state index in [9.17, 15) is 4.79 Å². The van der Waals surface area contributed by atoms with Crippen molar-refractivity contribution < 1.29 is 19.0 Å². The van der Waals surface area contributed by atoms with E-state index in [-0.39, 0.29) is 18.3 Å². The predicted molar refractivity (Wildman–Crippen MR) is 57.7 cm³/mol. The first-order valence-electron chi connectivity index (χ1n) is 5.28. The monoisotopic (exact) mass is 218 g/mol. The van der Waals surface area contributed by atoms with Gasteiger partial charge in [0.15, 0.2) is 0 Å². The van der Waals surface area contributed by atoms with E-state index in [4.69, 9.17) is 14.2 Å². The van der Waals surface area contributed by atoms with Gasteiger partial charge in [-0.1, -0.05) is 0 Å². The highest BCUT2D eigenvalue weighted by atomic mass is 16.5. The highest BCUT2D eigenvalue weighted by molar-refractivity contribution is 5.37. The van der Waals surface area contributed by atoms with Gasteiger partial charge in [-0.25, -0.2) is 0 Å². The maximum absolute atomic E-state index is 10.1. The SMILES string of the molecule is COC(C)CC(CCC(C)OC=O)OC. The summed E-state index contributed by atoms with van der Waals surface area (Å²) in [4.78, 5) is 10.1. The molecule has 0 aliphatic rings. The molecular formula is C11H22O4. The molecule has 0 spiro atoms. The van der Waals surface area contributed by atoms with Crippen molar-refractivity contribution in [2.45, 2.75) is 51.4 Å². The van der Waals surface area contributed by atoms with Crippen LogP contribution < -0.4 is 0 Å². The lowest BCUT2D eigenvalue weighted by atomic mass is 10.1. The average Bonchev–Trinajstić information content (AvgIpc) is 2.24. The first kappa shape index (κ1) is 14.4. The molecule has 0 amide bonds. The van der Waals surface area contributed by atoms with Gasteiger partial charge in [0, 0.05) is 14.2 Å². The summed E-state index contributed by atoms with van der Waals surface area (Å²) in [5.74, 6) is 0. The third-order valence-electron chi connectivity index (χ3n) is 2.51. The van der Waals surface area contributed by atoms with Gasteiger partial charge in [-0.05, 0) is 33.1 Å². The predicted octanol–water partition coefficient (Wildman–Crippen LogP) is 1.77. The van der Waals surface area contributed by atoms with Crippen LogP contribution in [0.5, 0.6) is 0 Å². The molecule has 0 aliphatic carbocycles. The molecule has 0 fully saturated rings. The first-order valence-corrected chi connectivity index (χ1v) is 5.28. The molecule has 90 valence electrons. The summed E-state index contributed by atoms with van der Waals surface area (Å²) in [7, 11) is 3.38. The van der Waals surface area contributed by atoms with Crippen LogP contribution in [0.4, 0.5) is 0 Å². The number of methoxy groups -OCH3 is 2. The van der Waals surface area contributed by atoms with Crippen LogP contribution in [0.1, 0.15) is 33.1 Å². The van der Waals surface area contributed by atoms with Crippen molar-refractivity contribution in [1.82, 2.24) is 0 Å². The highest BCUT2D eigenvalue weighted by Gasteiger charge is 2.13. The molecule has 0 radical (unpaired) electrons. The molecular weight excluding hydrogens is 196 g/mol. The molecule has 3 atom stereocenters. The van der Waals surface area contributed by atoms with E-state index >= 15 is 0 Å². The lowest BCUT2D eigenvalue weighted by Crippen LogP contribution is -2.21. The Morgan fingerprint density at radius 3 is 2.20 bits per heavy atom. The van der Waals surface area contributed by atoms with Crippen molar-refractivity contribution >= 4 is 6.47 Å². The maximum atomic E-state index is 10.1. The molecule has 0 N–H and O–H groups in total. The minimum absolute atomic E-state index is 0.0435. The fourth-order valence-electron chi connectivity index (χ4n) is 1.38. The van der Waals surface area contributed by atoms with E-state index in [0.29, 0.717) is 6.47 Å². The summed E-state index contributed by atoms with van der Waals surface area (Å²) in [6.45, 7) is 4.38. The Morgan fingerprint density at radius 2 is 1.73 bits per heavy atom. The van der Waals surface area contributed by atoms with Crippen LogP contribution in [-0.2, 0) is 19.0 Å². The highest BCUT2D eigenvalue weighted by Crippen LogP contribution is 2.13. The van der Waals surface area contributed by atoms with Gasteiger partial charge in [0.1, 0.15) is 0 Å². The van der Waals surface area contributed by atoms with Crippen molar-refractivity contribution in [1.29, 1.82) is 0 Å². The average molecular weight is 218 g/mol. The molecule has 4 heteroatoms. The normalized spacial score (nSPS) is 16.8. The second kappa shape index (κ2) is 8.68. The maximum Gasteiger partial charge on any atom is 0.293 e. The minimum Gasteiger partial charge on any atom is -0.465 e. The molecule has 0 aliphatic heterocycles. The van der Waals surface area contributed by atoms with Crippen LogP contribution >= 0.6 is 0 Å². The molecule has 0 bridgehead atoms. The van der Waals surface area contributed by atoms with Crippen LogP contribution in [0.25, 0.3) is 0 Å². The van der Waals surface area contributed by atoms with Crippen molar-refractivity contribution in [3.8, 4) is 0 Å². The summed E-state index contributed by atoms with van der Waals surface area (Å²) in [6.07, 6.45) is 2.86. The fourth-order valence-corrected chi connectivity index (χ4v) is 1.38. The Hall–Kier alpha value is -0.610.